The smallest absolute Gasteiger partial charge is 0.191 e. The van der Waals surface area contributed by atoms with Crippen molar-refractivity contribution in [2.24, 2.45) is 4.99 Å². The zero-order valence-electron chi connectivity index (χ0n) is 14.4. The maximum Gasteiger partial charge on any atom is 0.191 e. The van der Waals surface area contributed by atoms with E-state index in [1.807, 2.05) is 12.1 Å². The van der Waals surface area contributed by atoms with Crippen LogP contribution in [0.2, 0.25) is 0 Å². The molecule has 0 aliphatic carbocycles. The second-order valence-corrected chi connectivity index (χ2v) is 5.18. The summed E-state index contributed by atoms with van der Waals surface area (Å²) >= 11 is 0. The Balaban J connectivity index is 2.37. The second kappa shape index (κ2) is 10.9. The Morgan fingerprint density at radius 3 is 2.50 bits per heavy atom. The van der Waals surface area contributed by atoms with Crippen LogP contribution < -0.4 is 15.4 Å². The Morgan fingerprint density at radius 2 is 1.91 bits per heavy atom. The fourth-order valence-corrected chi connectivity index (χ4v) is 1.95. The van der Waals surface area contributed by atoms with Crippen LogP contribution in [-0.2, 0) is 6.42 Å². The van der Waals surface area contributed by atoms with Gasteiger partial charge in [-0.25, -0.2) is 0 Å². The van der Waals surface area contributed by atoms with Crippen LogP contribution in [-0.4, -0.2) is 57.7 Å². The third-order valence-electron chi connectivity index (χ3n) is 3.50. The van der Waals surface area contributed by atoms with Crippen molar-refractivity contribution in [3.8, 4) is 5.75 Å². The summed E-state index contributed by atoms with van der Waals surface area (Å²) in [5.74, 6) is 1.78. The number of hydrogen-bond donors (Lipinski definition) is 2. The van der Waals surface area contributed by atoms with Gasteiger partial charge in [-0.3, -0.25) is 4.99 Å². The van der Waals surface area contributed by atoms with E-state index in [1.54, 1.807) is 7.11 Å². The van der Waals surface area contributed by atoms with Crippen molar-refractivity contribution >= 4 is 5.96 Å². The predicted octanol–water partition coefficient (Wildman–Crippen LogP) is 1.74. The van der Waals surface area contributed by atoms with Gasteiger partial charge in [0.15, 0.2) is 5.96 Å². The summed E-state index contributed by atoms with van der Waals surface area (Å²) in [6, 6.07) is 8.19. The van der Waals surface area contributed by atoms with Crippen LogP contribution in [0.3, 0.4) is 0 Å². The number of nitrogens with one attached hydrogen (secondary N) is 2. The quantitative estimate of drug-likeness (QED) is 0.539. The zero-order valence-corrected chi connectivity index (χ0v) is 14.4. The molecule has 0 saturated carbocycles. The lowest BCUT2D eigenvalue weighted by molar-refractivity contribution is 0.363. The standard InChI is InChI=1S/C17H30N4O/c1-5-18-17(20-13-14-21(3)6-2)19-12-11-15-7-9-16(22-4)10-8-15/h7-10H,5-6,11-14H2,1-4H3,(H2,18,19,20). The Labute approximate surface area is 134 Å². The molecule has 0 heterocycles. The molecule has 22 heavy (non-hydrogen) atoms. The van der Waals surface area contributed by atoms with E-state index in [1.165, 1.54) is 5.56 Å². The van der Waals surface area contributed by atoms with E-state index in [4.69, 9.17) is 4.74 Å². The van der Waals surface area contributed by atoms with Gasteiger partial charge in [-0.05, 0) is 44.6 Å². The number of likely N-dealkylation sites (N-methyl/N-ethyl adjacent to an activating group) is 1. The largest absolute Gasteiger partial charge is 0.497 e. The first-order valence-electron chi connectivity index (χ1n) is 8.03. The molecule has 0 saturated heterocycles. The molecule has 0 amide bonds. The molecule has 2 N–H and O–H groups in total. The van der Waals surface area contributed by atoms with E-state index >= 15 is 0 Å². The minimum absolute atomic E-state index is 0.808. The number of rotatable bonds is 9. The summed E-state index contributed by atoms with van der Waals surface area (Å²) in [4.78, 5) is 6.85. The zero-order chi connectivity index (χ0) is 16.2. The number of hydrogen-bond acceptors (Lipinski definition) is 3. The molecule has 124 valence electrons. The molecule has 1 aromatic carbocycles. The van der Waals surface area contributed by atoms with Gasteiger partial charge in [0.05, 0.1) is 13.7 Å². The Kier molecular flexibility index (Phi) is 9.07. The molecule has 0 atom stereocenters. The topological polar surface area (TPSA) is 48.9 Å². The van der Waals surface area contributed by atoms with Gasteiger partial charge in [0, 0.05) is 19.6 Å². The molecule has 1 rings (SSSR count). The normalized spacial score (nSPS) is 11.6. The van der Waals surface area contributed by atoms with E-state index in [-0.39, 0.29) is 0 Å². The van der Waals surface area contributed by atoms with Crippen LogP contribution in [0.1, 0.15) is 19.4 Å². The van der Waals surface area contributed by atoms with Crippen molar-refractivity contribution in [1.29, 1.82) is 0 Å². The molecule has 0 radical (unpaired) electrons. The highest BCUT2D eigenvalue weighted by atomic mass is 16.5. The van der Waals surface area contributed by atoms with E-state index in [9.17, 15) is 0 Å². The van der Waals surface area contributed by atoms with Crippen molar-refractivity contribution < 1.29 is 4.74 Å². The minimum atomic E-state index is 0.808. The molecule has 0 aliphatic rings. The van der Waals surface area contributed by atoms with Crippen molar-refractivity contribution in [3.05, 3.63) is 29.8 Å². The summed E-state index contributed by atoms with van der Waals surface area (Å²) in [7, 11) is 3.80. The monoisotopic (exact) mass is 306 g/mol. The van der Waals surface area contributed by atoms with Crippen molar-refractivity contribution in [3.63, 3.8) is 0 Å². The number of guanidine groups is 1. The maximum absolute atomic E-state index is 5.17. The number of aliphatic imine (C=N–C) groups is 1. The lowest BCUT2D eigenvalue weighted by Crippen LogP contribution is -2.38. The van der Waals surface area contributed by atoms with Crippen molar-refractivity contribution in [2.75, 3.05) is 46.9 Å². The molecule has 1 aromatic rings. The third kappa shape index (κ3) is 7.31. The second-order valence-electron chi connectivity index (χ2n) is 5.18. The van der Waals surface area contributed by atoms with Gasteiger partial charge >= 0.3 is 0 Å². The molecule has 0 aliphatic heterocycles. The number of benzene rings is 1. The molecule has 0 spiro atoms. The Hall–Kier alpha value is -1.75. The first kappa shape index (κ1) is 18.3. The summed E-state index contributed by atoms with van der Waals surface area (Å²) in [6.45, 7) is 8.81. The van der Waals surface area contributed by atoms with E-state index < -0.39 is 0 Å². The first-order valence-corrected chi connectivity index (χ1v) is 8.03. The lowest BCUT2D eigenvalue weighted by atomic mass is 10.1. The van der Waals surface area contributed by atoms with Gasteiger partial charge in [-0.15, -0.1) is 0 Å². The van der Waals surface area contributed by atoms with E-state index in [0.717, 1.165) is 50.9 Å². The number of methoxy groups -OCH3 is 1. The molecule has 0 aromatic heterocycles. The minimum Gasteiger partial charge on any atom is -0.497 e. The Morgan fingerprint density at radius 1 is 1.18 bits per heavy atom. The van der Waals surface area contributed by atoms with Crippen LogP contribution in [0, 0.1) is 0 Å². The SMILES string of the molecule is CCNC(=NCCN(C)CC)NCCc1ccc(OC)cc1. The van der Waals surface area contributed by atoms with Crippen LogP contribution in [0.15, 0.2) is 29.3 Å². The highest BCUT2D eigenvalue weighted by molar-refractivity contribution is 5.79. The van der Waals surface area contributed by atoms with E-state index in [2.05, 4.69) is 53.6 Å². The van der Waals surface area contributed by atoms with Crippen molar-refractivity contribution in [1.82, 2.24) is 15.5 Å². The highest BCUT2D eigenvalue weighted by Crippen LogP contribution is 2.11. The van der Waals surface area contributed by atoms with Crippen molar-refractivity contribution in [2.45, 2.75) is 20.3 Å². The molecule has 0 bridgehead atoms. The molecule has 0 fully saturated rings. The molecular weight excluding hydrogens is 276 g/mol. The van der Waals surface area contributed by atoms with Gasteiger partial charge in [0.2, 0.25) is 0 Å². The first-order chi connectivity index (χ1) is 10.7. The van der Waals surface area contributed by atoms with Gasteiger partial charge in [-0.2, -0.15) is 0 Å². The molecular formula is C17H30N4O. The third-order valence-corrected chi connectivity index (χ3v) is 3.50. The molecule has 0 unspecified atom stereocenters. The molecule has 5 heteroatoms. The van der Waals surface area contributed by atoms with Crippen LogP contribution in [0.25, 0.3) is 0 Å². The lowest BCUT2D eigenvalue weighted by Gasteiger charge is -2.14. The number of ether oxygens (including phenoxy) is 1. The van der Waals surface area contributed by atoms with Crippen LogP contribution >= 0.6 is 0 Å². The molecule has 5 nitrogen and oxygen atoms in total. The van der Waals surface area contributed by atoms with Gasteiger partial charge < -0.3 is 20.3 Å². The fourth-order valence-electron chi connectivity index (χ4n) is 1.95. The average Bonchev–Trinajstić information content (AvgIpc) is 2.55. The predicted molar refractivity (Wildman–Crippen MR) is 93.9 cm³/mol. The summed E-state index contributed by atoms with van der Waals surface area (Å²) in [5.41, 5.74) is 1.29. The summed E-state index contributed by atoms with van der Waals surface area (Å²) < 4.78 is 5.17. The van der Waals surface area contributed by atoms with Gasteiger partial charge in [-0.1, -0.05) is 19.1 Å². The fraction of sp³-hybridized carbons (Fsp3) is 0.588. The van der Waals surface area contributed by atoms with Crippen LogP contribution in [0.4, 0.5) is 0 Å². The van der Waals surface area contributed by atoms with Gasteiger partial charge in [0.1, 0.15) is 5.75 Å². The van der Waals surface area contributed by atoms with Gasteiger partial charge in [0.25, 0.3) is 0 Å². The maximum atomic E-state index is 5.17. The number of nitrogens with zero attached hydrogens (tertiary/aromatic N) is 2. The Bertz CT molecular complexity index is 431. The van der Waals surface area contributed by atoms with E-state index in [0.29, 0.717) is 0 Å². The summed E-state index contributed by atoms with van der Waals surface area (Å²) in [5, 5.41) is 6.66. The highest BCUT2D eigenvalue weighted by Gasteiger charge is 1.99. The average molecular weight is 306 g/mol. The summed E-state index contributed by atoms with van der Waals surface area (Å²) in [6.07, 6.45) is 0.962. The van der Waals surface area contributed by atoms with Crippen LogP contribution in [0.5, 0.6) is 5.75 Å².